The zero-order valence-corrected chi connectivity index (χ0v) is 15.6. The van der Waals surface area contributed by atoms with Gasteiger partial charge in [0.1, 0.15) is 0 Å². The van der Waals surface area contributed by atoms with E-state index in [2.05, 4.69) is 22.4 Å². The van der Waals surface area contributed by atoms with Crippen LogP contribution in [0.2, 0.25) is 5.02 Å². The standard InChI is InChI=1S/C17H21ClN4O2S/c1-12-4-2-3-9-22(12)16(23)11-25-17-21-20-15(24-17)10-19-14-7-5-13(18)6-8-14/h5-8,12,19H,2-4,9-11H2,1H3/t12-/m0/s1. The van der Waals surface area contributed by atoms with Crippen LogP contribution in [0.5, 0.6) is 0 Å². The molecule has 0 spiro atoms. The molecular formula is C17H21ClN4O2S. The average Bonchev–Trinajstić information content (AvgIpc) is 3.07. The number of carbonyl (C=O) groups is 1. The Morgan fingerprint density at radius 2 is 2.16 bits per heavy atom. The fourth-order valence-corrected chi connectivity index (χ4v) is 3.58. The summed E-state index contributed by atoms with van der Waals surface area (Å²) in [5.41, 5.74) is 0.922. The number of rotatable bonds is 6. The Hall–Kier alpha value is -1.73. The third-order valence-electron chi connectivity index (χ3n) is 4.18. The van der Waals surface area contributed by atoms with Crippen LogP contribution in [-0.4, -0.2) is 39.3 Å². The van der Waals surface area contributed by atoms with Crippen LogP contribution in [-0.2, 0) is 11.3 Å². The average molecular weight is 381 g/mol. The van der Waals surface area contributed by atoms with Crippen LogP contribution >= 0.6 is 23.4 Å². The molecule has 0 aliphatic carbocycles. The molecule has 8 heteroatoms. The van der Waals surface area contributed by atoms with Gasteiger partial charge >= 0.3 is 0 Å². The number of benzene rings is 1. The molecule has 1 aromatic heterocycles. The minimum atomic E-state index is 0.135. The number of hydrogen-bond acceptors (Lipinski definition) is 6. The van der Waals surface area contributed by atoms with Gasteiger partial charge in [0.05, 0.1) is 12.3 Å². The summed E-state index contributed by atoms with van der Waals surface area (Å²) in [5.74, 6) is 0.948. The molecular weight excluding hydrogens is 360 g/mol. The number of likely N-dealkylation sites (tertiary alicyclic amines) is 1. The number of hydrogen-bond donors (Lipinski definition) is 1. The number of amides is 1. The van der Waals surface area contributed by atoms with Gasteiger partial charge in [0.2, 0.25) is 11.8 Å². The fourth-order valence-electron chi connectivity index (χ4n) is 2.79. The van der Waals surface area contributed by atoms with E-state index in [4.69, 9.17) is 16.0 Å². The first-order valence-corrected chi connectivity index (χ1v) is 9.72. The van der Waals surface area contributed by atoms with Crippen molar-refractivity contribution >= 4 is 35.0 Å². The number of carbonyl (C=O) groups excluding carboxylic acids is 1. The van der Waals surface area contributed by atoms with Gasteiger partial charge in [0.25, 0.3) is 5.22 Å². The third-order valence-corrected chi connectivity index (χ3v) is 5.23. The van der Waals surface area contributed by atoms with E-state index >= 15 is 0 Å². The molecule has 0 radical (unpaired) electrons. The lowest BCUT2D eigenvalue weighted by Crippen LogP contribution is -2.42. The van der Waals surface area contributed by atoms with E-state index in [-0.39, 0.29) is 5.91 Å². The Bertz CT molecular complexity index is 707. The highest BCUT2D eigenvalue weighted by atomic mass is 35.5. The quantitative estimate of drug-likeness (QED) is 0.768. The lowest BCUT2D eigenvalue weighted by Gasteiger charge is -2.33. The molecule has 1 fully saturated rings. The van der Waals surface area contributed by atoms with Crippen LogP contribution in [0.15, 0.2) is 33.9 Å². The van der Waals surface area contributed by atoms with Crippen molar-refractivity contribution in [2.45, 2.75) is 44.0 Å². The Morgan fingerprint density at radius 1 is 1.36 bits per heavy atom. The van der Waals surface area contributed by atoms with Gasteiger partial charge < -0.3 is 14.6 Å². The number of halogens is 1. The molecule has 1 aliphatic heterocycles. The number of nitrogens with zero attached hydrogens (tertiary/aromatic N) is 3. The summed E-state index contributed by atoms with van der Waals surface area (Å²) >= 11 is 7.15. The third kappa shape index (κ3) is 5.12. The Balaban J connectivity index is 1.46. The van der Waals surface area contributed by atoms with Crippen LogP contribution in [0.4, 0.5) is 5.69 Å². The molecule has 3 rings (SSSR count). The Kier molecular flexibility index (Phi) is 6.20. The molecule has 1 saturated heterocycles. The van der Waals surface area contributed by atoms with Gasteiger partial charge in [-0.1, -0.05) is 23.4 Å². The smallest absolute Gasteiger partial charge is 0.277 e. The largest absolute Gasteiger partial charge is 0.414 e. The summed E-state index contributed by atoms with van der Waals surface area (Å²) in [6, 6.07) is 7.71. The zero-order chi connectivity index (χ0) is 17.6. The normalized spacial score (nSPS) is 17.5. The van der Waals surface area contributed by atoms with Crippen molar-refractivity contribution in [2.75, 3.05) is 17.6 Å². The molecule has 6 nitrogen and oxygen atoms in total. The Labute approximate surface area is 156 Å². The monoisotopic (exact) mass is 380 g/mol. The summed E-state index contributed by atoms with van der Waals surface area (Å²) < 4.78 is 5.58. The molecule has 1 aliphatic rings. The van der Waals surface area contributed by atoms with Crippen LogP contribution in [0.25, 0.3) is 0 Å². The van der Waals surface area contributed by atoms with Gasteiger partial charge in [-0.2, -0.15) is 0 Å². The molecule has 0 bridgehead atoms. The zero-order valence-electron chi connectivity index (χ0n) is 14.1. The molecule has 1 aromatic carbocycles. The number of anilines is 1. The minimum absolute atomic E-state index is 0.135. The molecule has 25 heavy (non-hydrogen) atoms. The highest BCUT2D eigenvalue weighted by Crippen LogP contribution is 2.21. The van der Waals surface area contributed by atoms with E-state index in [0.29, 0.717) is 34.5 Å². The molecule has 2 aromatic rings. The fraction of sp³-hybridized carbons (Fsp3) is 0.471. The van der Waals surface area contributed by atoms with Crippen molar-refractivity contribution in [1.29, 1.82) is 0 Å². The number of piperidine rings is 1. The van der Waals surface area contributed by atoms with Gasteiger partial charge in [0, 0.05) is 23.3 Å². The lowest BCUT2D eigenvalue weighted by molar-refractivity contribution is -0.131. The maximum Gasteiger partial charge on any atom is 0.277 e. The maximum atomic E-state index is 12.3. The topological polar surface area (TPSA) is 71.3 Å². The summed E-state index contributed by atoms with van der Waals surface area (Å²) in [7, 11) is 0. The highest BCUT2D eigenvalue weighted by Gasteiger charge is 2.23. The Morgan fingerprint density at radius 3 is 2.92 bits per heavy atom. The second-order valence-corrected chi connectivity index (χ2v) is 7.41. The molecule has 0 unspecified atom stereocenters. The second-order valence-electron chi connectivity index (χ2n) is 6.04. The van der Waals surface area contributed by atoms with Gasteiger partial charge in [-0.3, -0.25) is 4.79 Å². The number of aromatic nitrogens is 2. The first kappa shape index (κ1) is 18.1. The van der Waals surface area contributed by atoms with E-state index in [1.54, 1.807) is 0 Å². The molecule has 1 N–H and O–H groups in total. The van der Waals surface area contributed by atoms with Crippen LogP contribution in [0.3, 0.4) is 0 Å². The predicted molar refractivity (Wildman–Crippen MR) is 98.8 cm³/mol. The van der Waals surface area contributed by atoms with Gasteiger partial charge in [0.15, 0.2) is 0 Å². The molecule has 134 valence electrons. The van der Waals surface area contributed by atoms with Gasteiger partial charge in [-0.15, -0.1) is 10.2 Å². The van der Waals surface area contributed by atoms with Crippen molar-refractivity contribution < 1.29 is 9.21 Å². The van der Waals surface area contributed by atoms with Gasteiger partial charge in [-0.25, -0.2) is 0 Å². The van der Waals surface area contributed by atoms with Crippen LogP contribution in [0.1, 0.15) is 32.1 Å². The van der Waals surface area contributed by atoms with Crippen LogP contribution < -0.4 is 5.32 Å². The minimum Gasteiger partial charge on any atom is -0.414 e. The maximum absolute atomic E-state index is 12.3. The first-order valence-electron chi connectivity index (χ1n) is 8.36. The van der Waals surface area contributed by atoms with Crippen molar-refractivity contribution in [1.82, 2.24) is 15.1 Å². The van der Waals surface area contributed by atoms with Gasteiger partial charge in [-0.05, 0) is 50.5 Å². The molecule has 0 saturated carbocycles. The predicted octanol–water partition coefficient (Wildman–Crippen LogP) is 3.83. The van der Waals surface area contributed by atoms with Crippen molar-refractivity contribution in [3.8, 4) is 0 Å². The summed E-state index contributed by atoms with van der Waals surface area (Å²) in [5, 5.41) is 12.3. The number of thioether (sulfide) groups is 1. The molecule has 1 atom stereocenters. The summed E-state index contributed by atoms with van der Waals surface area (Å²) in [6.07, 6.45) is 3.37. The highest BCUT2D eigenvalue weighted by molar-refractivity contribution is 7.99. The van der Waals surface area contributed by atoms with E-state index in [0.717, 1.165) is 25.1 Å². The summed E-state index contributed by atoms with van der Waals surface area (Å²) in [4.78, 5) is 14.3. The van der Waals surface area contributed by atoms with E-state index in [1.807, 2.05) is 29.2 Å². The number of nitrogens with one attached hydrogen (secondary N) is 1. The first-order chi connectivity index (χ1) is 12.1. The molecule has 2 heterocycles. The van der Waals surface area contributed by atoms with Crippen molar-refractivity contribution in [2.24, 2.45) is 0 Å². The second kappa shape index (κ2) is 8.58. The summed E-state index contributed by atoms with van der Waals surface area (Å²) in [6.45, 7) is 3.38. The molecule has 1 amide bonds. The lowest BCUT2D eigenvalue weighted by atomic mass is 10.0. The van der Waals surface area contributed by atoms with Crippen LogP contribution in [0, 0.1) is 0 Å². The SMILES string of the molecule is C[C@H]1CCCCN1C(=O)CSc1nnc(CNc2ccc(Cl)cc2)o1. The van der Waals surface area contributed by atoms with E-state index in [9.17, 15) is 4.79 Å². The van der Waals surface area contributed by atoms with E-state index < -0.39 is 0 Å². The van der Waals surface area contributed by atoms with E-state index in [1.165, 1.54) is 18.2 Å². The van der Waals surface area contributed by atoms with Crippen molar-refractivity contribution in [3.05, 3.63) is 35.2 Å². The van der Waals surface area contributed by atoms with Crippen molar-refractivity contribution in [3.63, 3.8) is 0 Å².